The summed E-state index contributed by atoms with van der Waals surface area (Å²) in [7, 11) is 1.87. The molecule has 3 heterocycles. The number of nitrogens with zero attached hydrogens (tertiary/aromatic N) is 6. The van der Waals surface area contributed by atoms with E-state index >= 15 is 0 Å². The molecule has 0 atom stereocenters. The summed E-state index contributed by atoms with van der Waals surface area (Å²) in [6, 6.07) is 10.3. The van der Waals surface area contributed by atoms with Crippen molar-refractivity contribution in [2.45, 2.75) is 67.0 Å². The van der Waals surface area contributed by atoms with Crippen LogP contribution in [0.1, 0.15) is 60.1 Å². The first-order valence-corrected chi connectivity index (χ1v) is 11.9. The van der Waals surface area contributed by atoms with Crippen LogP contribution in [0.5, 0.6) is 0 Å². The maximum Gasteiger partial charge on any atom is 0.222 e. The average Bonchev–Trinajstić information content (AvgIpc) is 3.35. The van der Waals surface area contributed by atoms with Crippen LogP contribution in [0.25, 0.3) is 16.7 Å². The zero-order valence-electron chi connectivity index (χ0n) is 21.3. The van der Waals surface area contributed by atoms with E-state index in [1.54, 1.807) is 4.90 Å². The summed E-state index contributed by atoms with van der Waals surface area (Å²) in [6.07, 6.45) is 3.00. The molecule has 0 spiro atoms. The maximum absolute atomic E-state index is 13.1. The molecular weight excluding hydrogens is 424 g/mol. The standard InChI is InChI=1S/C27H34N6O/c1-17(2)32-27-24(15-28-32)18(3)23(19(4)29-27)13-14-26(34)31(7)16-25-20(5)30-33(21(25)6)22-11-9-8-10-12-22/h8-12,15,17H,13-14,16H2,1-7H3. The fourth-order valence-electron chi connectivity index (χ4n) is 4.61. The zero-order valence-corrected chi connectivity index (χ0v) is 21.3. The SMILES string of the molecule is Cc1nc2c(cnn2C(C)C)c(C)c1CCC(=O)N(C)Cc1c(C)nn(-c2ccccc2)c1C. The molecule has 3 aromatic heterocycles. The predicted molar refractivity (Wildman–Crippen MR) is 135 cm³/mol. The van der Waals surface area contributed by atoms with Gasteiger partial charge in [-0.05, 0) is 71.2 Å². The molecule has 0 bridgehead atoms. The van der Waals surface area contributed by atoms with E-state index in [0.29, 0.717) is 19.4 Å². The average molecular weight is 459 g/mol. The fourth-order valence-corrected chi connectivity index (χ4v) is 4.61. The lowest BCUT2D eigenvalue weighted by Gasteiger charge is -2.19. The molecule has 0 aliphatic carbocycles. The molecule has 0 saturated carbocycles. The molecule has 0 unspecified atom stereocenters. The zero-order chi connectivity index (χ0) is 24.6. The Morgan fingerprint density at radius 2 is 1.74 bits per heavy atom. The minimum Gasteiger partial charge on any atom is -0.341 e. The third-order valence-electron chi connectivity index (χ3n) is 6.68. The van der Waals surface area contributed by atoms with E-state index in [1.807, 2.05) is 66.8 Å². The monoisotopic (exact) mass is 458 g/mol. The second-order valence-electron chi connectivity index (χ2n) is 9.37. The highest BCUT2D eigenvalue weighted by atomic mass is 16.2. The van der Waals surface area contributed by atoms with E-state index in [9.17, 15) is 4.79 Å². The van der Waals surface area contributed by atoms with Crippen molar-refractivity contribution in [1.29, 1.82) is 0 Å². The molecule has 0 aliphatic rings. The van der Waals surface area contributed by atoms with Crippen LogP contribution in [-0.2, 0) is 17.8 Å². The number of pyridine rings is 1. The number of para-hydroxylation sites is 1. The van der Waals surface area contributed by atoms with Gasteiger partial charge in [0.1, 0.15) is 0 Å². The van der Waals surface area contributed by atoms with Gasteiger partial charge in [-0.1, -0.05) is 18.2 Å². The maximum atomic E-state index is 13.1. The number of aryl methyl sites for hydroxylation is 3. The number of hydrogen-bond acceptors (Lipinski definition) is 4. The van der Waals surface area contributed by atoms with Gasteiger partial charge < -0.3 is 4.90 Å². The normalized spacial score (nSPS) is 11.5. The van der Waals surface area contributed by atoms with Gasteiger partial charge in [0.15, 0.2) is 5.65 Å². The van der Waals surface area contributed by atoms with Crippen molar-refractivity contribution < 1.29 is 4.79 Å². The molecule has 0 N–H and O–H groups in total. The van der Waals surface area contributed by atoms with Crippen molar-refractivity contribution in [3.05, 3.63) is 70.3 Å². The number of benzene rings is 1. The van der Waals surface area contributed by atoms with Crippen LogP contribution in [0.4, 0.5) is 0 Å². The first kappa shape index (κ1) is 23.7. The highest BCUT2D eigenvalue weighted by molar-refractivity contribution is 5.81. The number of amides is 1. The number of aromatic nitrogens is 5. The van der Waals surface area contributed by atoms with E-state index in [2.05, 4.69) is 32.8 Å². The first-order valence-electron chi connectivity index (χ1n) is 11.9. The minimum absolute atomic E-state index is 0.114. The van der Waals surface area contributed by atoms with Crippen LogP contribution in [0.3, 0.4) is 0 Å². The lowest BCUT2D eigenvalue weighted by atomic mass is 10.00. The molecule has 0 aliphatic heterocycles. The number of rotatable bonds is 7. The summed E-state index contributed by atoms with van der Waals surface area (Å²) in [5.41, 5.74) is 8.32. The second kappa shape index (κ2) is 9.41. The topological polar surface area (TPSA) is 68.8 Å². The quantitative estimate of drug-likeness (QED) is 0.390. The van der Waals surface area contributed by atoms with Crippen molar-refractivity contribution >= 4 is 16.9 Å². The van der Waals surface area contributed by atoms with Crippen LogP contribution in [0, 0.1) is 27.7 Å². The third-order valence-corrected chi connectivity index (χ3v) is 6.68. The van der Waals surface area contributed by atoms with E-state index < -0.39 is 0 Å². The largest absolute Gasteiger partial charge is 0.341 e. The summed E-state index contributed by atoms with van der Waals surface area (Å²) >= 11 is 0. The molecule has 1 amide bonds. The van der Waals surface area contributed by atoms with Gasteiger partial charge in [0.25, 0.3) is 0 Å². The van der Waals surface area contributed by atoms with Gasteiger partial charge in [0, 0.05) is 48.4 Å². The van der Waals surface area contributed by atoms with Crippen molar-refractivity contribution in [2.75, 3.05) is 7.05 Å². The fraction of sp³-hybridized carbons (Fsp3) is 0.407. The lowest BCUT2D eigenvalue weighted by molar-refractivity contribution is -0.130. The Morgan fingerprint density at radius 1 is 1.03 bits per heavy atom. The Kier molecular flexibility index (Phi) is 6.55. The molecule has 4 aromatic rings. The smallest absolute Gasteiger partial charge is 0.222 e. The van der Waals surface area contributed by atoms with E-state index in [1.165, 1.54) is 5.56 Å². The molecule has 7 nitrogen and oxygen atoms in total. The summed E-state index contributed by atoms with van der Waals surface area (Å²) in [6.45, 7) is 13.0. The van der Waals surface area contributed by atoms with Crippen molar-refractivity contribution in [1.82, 2.24) is 29.4 Å². The molecule has 4 rings (SSSR count). The lowest BCUT2D eigenvalue weighted by Crippen LogP contribution is -2.27. The molecule has 0 fully saturated rings. The van der Waals surface area contributed by atoms with Crippen LogP contribution < -0.4 is 0 Å². The van der Waals surface area contributed by atoms with Crippen molar-refractivity contribution in [3.8, 4) is 5.69 Å². The van der Waals surface area contributed by atoms with Gasteiger partial charge in [-0.2, -0.15) is 10.2 Å². The Hall–Kier alpha value is -3.48. The van der Waals surface area contributed by atoms with Crippen molar-refractivity contribution in [2.24, 2.45) is 0 Å². The van der Waals surface area contributed by atoms with Crippen molar-refractivity contribution in [3.63, 3.8) is 0 Å². The second-order valence-corrected chi connectivity index (χ2v) is 9.37. The van der Waals surface area contributed by atoms with E-state index in [0.717, 1.165) is 44.9 Å². The Labute approximate surface area is 201 Å². The van der Waals surface area contributed by atoms with Crippen LogP contribution in [0.15, 0.2) is 36.5 Å². The highest BCUT2D eigenvalue weighted by Crippen LogP contribution is 2.26. The third kappa shape index (κ3) is 4.34. The Morgan fingerprint density at radius 3 is 2.41 bits per heavy atom. The minimum atomic E-state index is 0.114. The number of carbonyl (C=O) groups is 1. The van der Waals surface area contributed by atoms with Gasteiger partial charge in [0.2, 0.25) is 5.91 Å². The van der Waals surface area contributed by atoms with Crippen LogP contribution >= 0.6 is 0 Å². The molecule has 1 aromatic carbocycles. The number of fused-ring (bicyclic) bond motifs is 1. The summed E-state index contributed by atoms with van der Waals surface area (Å²) < 4.78 is 3.91. The Balaban J connectivity index is 1.48. The molecule has 0 radical (unpaired) electrons. The Bertz CT molecular complexity index is 1330. The van der Waals surface area contributed by atoms with Gasteiger partial charge >= 0.3 is 0 Å². The summed E-state index contributed by atoms with van der Waals surface area (Å²) in [4.78, 5) is 19.7. The molecule has 0 saturated heterocycles. The summed E-state index contributed by atoms with van der Waals surface area (Å²) in [5, 5.41) is 10.3. The molecule has 7 heteroatoms. The number of hydrogen-bond donors (Lipinski definition) is 0. The molecule has 34 heavy (non-hydrogen) atoms. The van der Waals surface area contributed by atoms with Gasteiger partial charge in [0.05, 0.1) is 17.6 Å². The molecular formula is C27H34N6O. The van der Waals surface area contributed by atoms with E-state index in [-0.39, 0.29) is 11.9 Å². The number of carbonyl (C=O) groups excluding carboxylic acids is 1. The predicted octanol–water partition coefficient (Wildman–Crippen LogP) is 5.02. The van der Waals surface area contributed by atoms with Gasteiger partial charge in [-0.15, -0.1) is 0 Å². The van der Waals surface area contributed by atoms with E-state index in [4.69, 9.17) is 10.1 Å². The highest BCUT2D eigenvalue weighted by Gasteiger charge is 2.19. The molecule has 178 valence electrons. The van der Waals surface area contributed by atoms with Gasteiger partial charge in [-0.3, -0.25) is 4.79 Å². The summed E-state index contributed by atoms with van der Waals surface area (Å²) in [5.74, 6) is 0.114. The van der Waals surface area contributed by atoms with Gasteiger partial charge in [-0.25, -0.2) is 14.3 Å². The van der Waals surface area contributed by atoms with Crippen LogP contribution in [-0.4, -0.2) is 42.4 Å². The first-order chi connectivity index (χ1) is 16.2. The van der Waals surface area contributed by atoms with Crippen LogP contribution in [0.2, 0.25) is 0 Å².